The molecule has 1 unspecified atom stereocenters. The van der Waals surface area contributed by atoms with Crippen molar-refractivity contribution in [3.8, 4) is 0 Å². The number of aromatic nitrogens is 2. The summed E-state index contributed by atoms with van der Waals surface area (Å²) in [6.07, 6.45) is 8.02. The summed E-state index contributed by atoms with van der Waals surface area (Å²) < 4.78 is 5.42. The minimum atomic E-state index is -0.0171. The summed E-state index contributed by atoms with van der Waals surface area (Å²) >= 11 is 0. The molecule has 1 aliphatic carbocycles. The van der Waals surface area contributed by atoms with Crippen LogP contribution in [0.4, 0.5) is 5.95 Å². The zero-order chi connectivity index (χ0) is 14.5. The van der Waals surface area contributed by atoms with Crippen LogP contribution in [0.2, 0.25) is 0 Å². The number of rotatable bonds is 6. The molecule has 6 heteroatoms. The average molecular weight is 290 g/mol. The molecule has 6 nitrogen and oxygen atoms in total. The number of ether oxygens (including phenoxy) is 1. The van der Waals surface area contributed by atoms with Crippen molar-refractivity contribution in [1.82, 2.24) is 15.3 Å². The molecule has 1 saturated heterocycles. The second kappa shape index (κ2) is 6.85. The van der Waals surface area contributed by atoms with Crippen molar-refractivity contribution in [3.63, 3.8) is 0 Å². The molecule has 1 aromatic heterocycles. The van der Waals surface area contributed by atoms with Crippen molar-refractivity contribution in [2.24, 2.45) is 5.92 Å². The normalized spacial score (nSPS) is 22.1. The van der Waals surface area contributed by atoms with E-state index in [1.54, 1.807) is 12.4 Å². The van der Waals surface area contributed by atoms with E-state index in [4.69, 9.17) is 4.74 Å². The molecular weight excluding hydrogens is 268 g/mol. The third-order valence-electron chi connectivity index (χ3n) is 3.91. The smallest absolute Gasteiger partial charge is 0.246 e. The molecule has 0 bridgehead atoms. The van der Waals surface area contributed by atoms with Crippen LogP contribution >= 0.6 is 0 Å². The molecule has 2 aliphatic rings. The lowest BCUT2D eigenvalue weighted by atomic mass is 10.1. The maximum atomic E-state index is 11.9. The fourth-order valence-corrected chi connectivity index (χ4v) is 2.60. The van der Waals surface area contributed by atoms with Crippen molar-refractivity contribution in [3.05, 3.63) is 18.5 Å². The molecule has 1 saturated carbocycles. The van der Waals surface area contributed by atoms with Crippen molar-refractivity contribution in [1.29, 1.82) is 0 Å². The molecule has 1 amide bonds. The van der Waals surface area contributed by atoms with Crippen LogP contribution in [0.3, 0.4) is 0 Å². The van der Waals surface area contributed by atoms with E-state index in [1.165, 1.54) is 12.8 Å². The summed E-state index contributed by atoms with van der Waals surface area (Å²) in [7, 11) is 0. The zero-order valence-electron chi connectivity index (χ0n) is 12.2. The fourth-order valence-electron chi connectivity index (χ4n) is 2.60. The second-order valence-corrected chi connectivity index (χ2v) is 5.86. The highest BCUT2D eigenvalue weighted by Crippen LogP contribution is 2.28. The van der Waals surface area contributed by atoms with E-state index in [9.17, 15) is 4.79 Å². The first-order chi connectivity index (χ1) is 10.3. The Morgan fingerprint density at radius 1 is 1.33 bits per heavy atom. The summed E-state index contributed by atoms with van der Waals surface area (Å²) in [6, 6.07) is 1.96. The molecule has 0 radical (unpaired) electrons. The van der Waals surface area contributed by atoms with Crippen LogP contribution < -0.4 is 10.2 Å². The van der Waals surface area contributed by atoms with Gasteiger partial charge in [0.2, 0.25) is 11.9 Å². The van der Waals surface area contributed by atoms with Crippen LogP contribution in [0.5, 0.6) is 0 Å². The predicted octanol–water partition coefficient (Wildman–Crippen LogP) is 0.988. The van der Waals surface area contributed by atoms with E-state index in [0.717, 1.165) is 38.5 Å². The lowest BCUT2D eigenvalue weighted by Gasteiger charge is -2.33. The van der Waals surface area contributed by atoms with Gasteiger partial charge in [-0.2, -0.15) is 0 Å². The third-order valence-corrected chi connectivity index (χ3v) is 3.91. The van der Waals surface area contributed by atoms with Crippen molar-refractivity contribution in [2.45, 2.75) is 31.7 Å². The standard InChI is InChI=1S/C15H22N4O2/c20-14(11-21-10-12-4-5-12)18-13-3-1-8-19(9-13)15-16-6-2-7-17-15/h2,6-7,12-13H,1,3-5,8-11H2,(H,18,20). The number of hydrogen-bond acceptors (Lipinski definition) is 5. The van der Waals surface area contributed by atoms with Gasteiger partial charge >= 0.3 is 0 Å². The molecule has 1 aromatic rings. The highest BCUT2D eigenvalue weighted by molar-refractivity contribution is 5.77. The summed E-state index contributed by atoms with van der Waals surface area (Å²) in [6.45, 7) is 2.60. The number of amides is 1. The highest BCUT2D eigenvalue weighted by Gasteiger charge is 2.24. The second-order valence-electron chi connectivity index (χ2n) is 5.86. The van der Waals surface area contributed by atoms with Gasteiger partial charge in [-0.05, 0) is 37.7 Å². The van der Waals surface area contributed by atoms with Gasteiger partial charge in [0.1, 0.15) is 6.61 Å². The molecule has 2 fully saturated rings. The van der Waals surface area contributed by atoms with Gasteiger partial charge in [0.25, 0.3) is 0 Å². The van der Waals surface area contributed by atoms with Crippen molar-refractivity contribution in [2.75, 3.05) is 31.2 Å². The maximum absolute atomic E-state index is 11.9. The molecule has 1 atom stereocenters. The Bertz CT molecular complexity index is 464. The summed E-state index contributed by atoms with van der Waals surface area (Å²) in [5, 5.41) is 3.05. The Hall–Kier alpha value is -1.69. The van der Waals surface area contributed by atoms with E-state index in [2.05, 4.69) is 20.2 Å². The van der Waals surface area contributed by atoms with Gasteiger partial charge in [-0.1, -0.05) is 0 Å². The molecule has 1 N–H and O–H groups in total. The number of hydrogen-bond donors (Lipinski definition) is 1. The van der Waals surface area contributed by atoms with Crippen LogP contribution in [0.1, 0.15) is 25.7 Å². The van der Waals surface area contributed by atoms with Crippen molar-refractivity contribution >= 4 is 11.9 Å². The number of carbonyl (C=O) groups is 1. The average Bonchev–Trinajstić information content (AvgIpc) is 3.33. The topological polar surface area (TPSA) is 67.3 Å². The maximum Gasteiger partial charge on any atom is 0.246 e. The first-order valence-corrected chi connectivity index (χ1v) is 7.70. The van der Waals surface area contributed by atoms with E-state index in [0.29, 0.717) is 5.92 Å². The van der Waals surface area contributed by atoms with Crippen molar-refractivity contribution < 1.29 is 9.53 Å². The summed E-state index contributed by atoms with van der Waals surface area (Å²) in [5.74, 6) is 1.41. The van der Waals surface area contributed by atoms with E-state index in [1.807, 2.05) is 6.07 Å². The van der Waals surface area contributed by atoms with E-state index < -0.39 is 0 Å². The quantitative estimate of drug-likeness (QED) is 0.846. The Labute approximate surface area is 124 Å². The van der Waals surface area contributed by atoms with Crippen LogP contribution in [0.25, 0.3) is 0 Å². The van der Waals surface area contributed by atoms with Crippen LogP contribution in [-0.2, 0) is 9.53 Å². The first kappa shape index (κ1) is 14.3. The molecular formula is C15H22N4O2. The number of anilines is 1. The number of carbonyl (C=O) groups excluding carboxylic acids is 1. The molecule has 0 aromatic carbocycles. The fraction of sp³-hybridized carbons (Fsp3) is 0.667. The number of nitrogens with zero attached hydrogens (tertiary/aromatic N) is 3. The van der Waals surface area contributed by atoms with Gasteiger partial charge in [0, 0.05) is 31.5 Å². The molecule has 114 valence electrons. The predicted molar refractivity (Wildman–Crippen MR) is 79.0 cm³/mol. The Morgan fingerprint density at radius 3 is 2.90 bits per heavy atom. The monoisotopic (exact) mass is 290 g/mol. The van der Waals surface area contributed by atoms with Gasteiger partial charge in [-0.25, -0.2) is 9.97 Å². The molecule has 1 aliphatic heterocycles. The molecule has 0 spiro atoms. The minimum absolute atomic E-state index is 0.0171. The minimum Gasteiger partial charge on any atom is -0.371 e. The zero-order valence-corrected chi connectivity index (χ0v) is 12.2. The summed E-state index contributed by atoms with van der Waals surface area (Å²) in [5.41, 5.74) is 0. The molecule has 21 heavy (non-hydrogen) atoms. The van der Waals surface area contributed by atoms with Gasteiger partial charge in [-0.15, -0.1) is 0 Å². The van der Waals surface area contributed by atoms with Crippen LogP contribution in [-0.4, -0.2) is 48.2 Å². The van der Waals surface area contributed by atoms with Gasteiger partial charge < -0.3 is 15.0 Å². The molecule has 3 rings (SSSR count). The van der Waals surface area contributed by atoms with Crippen LogP contribution in [0, 0.1) is 5.92 Å². The first-order valence-electron chi connectivity index (χ1n) is 7.70. The summed E-state index contributed by atoms with van der Waals surface area (Å²) in [4.78, 5) is 22.5. The third kappa shape index (κ3) is 4.39. The molecule has 2 heterocycles. The SMILES string of the molecule is O=C(COCC1CC1)NC1CCCN(c2ncccn2)C1. The Balaban J connectivity index is 1.43. The van der Waals surface area contributed by atoms with Crippen LogP contribution in [0.15, 0.2) is 18.5 Å². The lowest BCUT2D eigenvalue weighted by molar-refractivity contribution is -0.126. The highest BCUT2D eigenvalue weighted by atomic mass is 16.5. The Kier molecular flexibility index (Phi) is 4.65. The largest absolute Gasteiger partial charge is 0.371 e. The number of piperidine rings is 1. The van der Waals surface area contributed by atoms with E-state index >= 15 is 0 Å². The Morgan fingerprint density at radius 2 is 2.14 bits per heavy atom. The van der Waals surface area contributed by atoms with Gasteiger partial charge in [-0.3, -0.25) is 4.79 Å². The van der Waals surface area contributed by atoms with Gasteiger partial charge in [0.15, 0.2) is 0 Å². The lowest BCUT2D eigenvalue weighted by Crippen LogP contribution is -2.49. The van der Waals surface area contributed by atoms with E-state index in [-0.39, 0.29) is 18.6 Å². The number of nitrogens with one attached hydrogen (secondary N) is 1. The van der Waals surface area contributed by atoms with Gasteiger partial charge in [0.05, 0.1) is 6.61 Å².